The monoisotopic (exact) mass is 235 g/mol. The molecule has 0 aliphatic carbocycles. The van der Waals surface area contributed by atoms with Gasteiger partial charge in [-0.3, -0.25) is 4.90 Å². The molecule has 0 spiro atoms. The lowest BCUT2D eigenvalue weighted by Crippen LogP contribution is -2.34. The smallest absolute Gasteiger partial charge is 0.410 e. The van der Waals surface area contributed by atoms with Crippen LogP contribution in [0.2, 0.25) is 0 Å². The molecule has 0 bridgehead atoms. The van der Waals surface area contributed by atoms with E-state index in [0.717, 1.165) is 5.56 Å². The molecule has 4 nitrogen and oxygen atoms in total. The highest BCUT2D eigenvalue weighted by atomic mass is 16.6. The van der Waals surface area contributed by atoms with E-state index in [-0.39, 0.29) is 12.7 Å². The van der Waals surface area contributed by atoms with Crippen LogP contribution >= 0.6 is 0 Å². The number of aryl methyl sites for hydroxylation is 1. The van der Waals surface area contributed by atoms with Gasteiger partial charge in [0.05, 0.1) is 13.2 Å². The van der Waals surface area contributed by atoms with Crippen molar-refractivity contribution in [3.63, 3.8) is 0 Å². The van der Waals surface area contributed by atoms with Crippen molar-refractivity contribution in [3.05, 3.63) is 35.4 Å². The lowest BCUT2D eigenvalue weighted by atomic mass is 10.1. The van der Waals surface area contributed by atoms with Crippen molar-refractivity contribution in [2.45, 2.75) is 26.0 Å². The zero-order valence-corrected chi connectivity index (χ0v) is 10.1. The minimum Gasteiger partial charge on any atom is -0.439 e. The maximum Gasteiger partial charge on any atom is 0.410 e. The number of carbonyl (C=O) groups excluding carboxylic acids is 1. The Kier molecular flexibility index (Phi) is 3.07. The molecule has 17 heavy (non-hydrogen) atoms. The molecule has 1 unspecified atom stereocenters. The van der Waals surface area contributed by atoms with Gasteiger partial charge in [-0.1, -0.05) is 29.8 Å². The van der Waals surface area contributed by atoms with Crippen molar-refractivity contribution in [2.75, 3.05) is 13.2 Å². The number of ether oxygens (including phenoxy) is 1. The van der Waals surface area contributed by atoms with Gasteiger partial charge in [-0.2, -0.15) is 0 Å². The molecule has 92 valence electrons. The first kappa shape index (κ1) is 11.9. The van der Waals surface area contributed by atoms with Crippen LogP contribution in [-0.4, -0.2) is 34.9 Å². The Morgan fingerprint density at radius 1 is 1.41 bits per heavy atom. The molecule has 1 amide bonds. The summed E-state index contributed by atoms with van der Waals surface area (Å²) in [5, 5.41) is 9.16. The number of cyclic esters (lactones) is 1. The summed E-state index contributed by atoms with van der Waals surface area (Å²) < 4.78 is 5.14. The summed E-state index contributed by atoms with van der Waals surface area (Å²) in [4.78, 5) is 13.2. The molecule has 0 saturated carbocycles. The predicted molar refractivity (Wildman–Crippen MR) is 63.6 cm³/mol. The summed E-state index contributed by atoms with van der Waals surface area (Å²) in [6, 6.07) is 8.03. The van der Waals surface area contributed by atoms with Gasteiger partial charge in [-0.25, -0.2) is 4.79 Å². The van der Waals surface area contributed by atoms with Crippen LogP contribution < -0.4 is 0 Å². The molecule has 1 saturated heterocycles. The number of hydrogen-bond donors (Lipinski definition) is 1. The Balaban J connectivity index is 2.05. The zero-order chi connectivity index (χ0) is 12.5. The third-order valence-electron chi connectivity index (χ3n) is 2.95. The fourth-order valence-corrected chi connectivity index (χ4v) is 1.89. The second-order valence-electron chi connectivity index (χ2n) is 4.82. The Morgan fingerprint density at radius 2 is 2.06 bits per heavy atom. The molecule has 4 heteroatoms. The van der Waals surface area contributed by atoms with Crippen molar-refractivity contribution in [1.29, 1.82) is 0 Å². The number of amides is 1. The van der Waals surface area contributed by atoms with E-state index in [1.165, 1.54) is 5.56 Å². The highest BCUT2D eigenvalue weighted by molar-refractivity contribution is 5.70. The fourth-order valence-electron chi connectivity index (χ4n) is 1.89. The van der Waals surface area contributed by atoms with Gasteiger partial charge in [0.2, 0.25) is 0 Å². The molecule has 0 aromatic heterocycles. The van der Waals surface area contributed by atoms with Gasteiger partial charge < -0.3 is 9.84 Å². The van der Waals surface area contributed by atoms with E-state index in [1.807, 2.05) is 31.2 Å². The van der Waals surface area contributed by atoms with Crippen molar-refractivity contribution in [3.8, 4) is 0 Å². The normalized spacial score (nSPS) is 23.9. The van der Waals surface area contributed by atoms with Gasteiger partial charge in [0.15, 0.2) is 5.60 Å². The largest absolute Gasteiger partial charge is 0.439 e. The second kappa shape index (κ2) is 4.37. The quantitative estimate of drug-likeness (QED) is 0.867. The number of hydrogen-bond acceptors (Lipinski definition) is 3. The van der Waals surface area contributed by atoms with Crippen molar-refractivity contribution >= 4 is 6.09 Å². The fraction of sp³-hybridized carbons (Fsp3) is 0.462. The minimum atomic E-state index is -0.762. The van der Waals surface area contributed by atoms with Crippen LogP contribution in [0.15, 0.2) is 24.3 Å². The van der Waals surface area contributed by atoms with Crippen LogP contribution in [0.5, 0.6) is 0 Å². The van der Waals surface area contributed by atoms with Crippen LogP contribution in [-0.2, 0) is 11.3 Å². The van der Waals surface area contributed by atoms with Crippen LogP contribution in [0.4, 0.5) is 4.79 Å². The summed E-state index contributed by atoms with van der Waals surface area (Å²) in [7, 11) is 0. The van der Waals surface area contributed by atoms with Crippen LogP contribution in [0.1, 0.15) is 18.1 Å². The number of aliphatic hydroxyl groups excluding tert-OH is 1. The van der Waals surface area contributed by atoms with Crippen molar-refractivity contribution < 1.29 is 14.6 Å². The molecule has 1 heterocycles. The number of carbonyl (C=O) groups is 1. The van der Waals surface area contributed by atoms with Gasteiger partial charge >= 0.3 is 6.09 Å². The Hall–Kier alpha value is -1.55. The lowest BCUT2D eigenvalue weighted by molar-refractivity contribution is 0.0219. The number of nitrogens with zero attached hydrogens (tertiary/aromatic N) is 1. The van der Waals surface area contributed by atoms with E-state index in [4.69, 9.17) is 9.84 Å². The first-order chi connectivity index (χ1) is 8.02. The van der Waals surface area contributed by atoms with Gasteiger partial charge in [0.25, 0.3) is 0 Å². The first-order valence-corrected chi connectivity index (χ1v) is 5.67. The summed E-state index contributed by atoms with van der Waals surface area (Å²) in [5.41, 5.74) is 1.49. The summed E-state index contributed by atoms with van der Waals surface area (Å²) >= 11 is 0. The Bertz CT molecular complexity index is 415. The first-order valence-electron chi connectivity index (χ1n) is 5.67. The zero-order valence-electron chi connectivity index (χ0n) is 10.1. The van der Waals surface area contributed by atoms with Gasteiger partial charge in [0, 0.05) is 6.54 Å². The molecule has 1 atom stereocenters. The molecule has 1 aliphatic rings. The van der Waals surface area contributed by atoms with Gasteiger partial charge in [0.1, 0.15) is 0 Å². The number of aliphatic hydroxyl groups is 1. The Labute approximate surface area is 101 Å². The average Bonchev–Trinajstić information content (AvgIpc) is 2.58. The summed E-state index contributed by atoms with van der Waals surface area (Å²) in [6.07, 6.45) is -0.359. The molecule has 2 rings (SSSR count). The second-order valence-corrected chi connectivity index (χ2v) is 4.82. The van der Waals surface area contributed by atoms with E-state index in [1.54, 1.807) is 11.8 Å². The van der Waals surface area contributed by atoms with Crippen molar-refractivity contribution in [1.82, 2.24) is 4.90 Å². The van der Waals surface area contributed by atoms with E-state index < -0.39 is 5.60 Å². The number of rotatable bonds is 3. The molecule has 1 aliphatic heterocycles. The Morgan fingerprint density at radius 3 is 2.59 bits per heavy atom. The summed E-state index contributed by atoms with van der Waals surface area (Å²) in [6.45, 7) is 4.56. The highest BCUT2D eigenvalue weighted by Crippen LogP contribution is 2.23. The molecular weight excluding hydrogens is 218 g/mol. The third-order valence-corrected chi connectivity index (χ3v) is 2.95. The average molecular weight is 235 g/mol. The van der Waals surface area contributed by atoms with Gasteiger partial charge in [-0.05, 0) is 19.4 Å². The third kappa shape index (κ3) is 2.58. The molecule has 0 radical (unpaired) electrons. The maximum atomic E-state index is 11.6. The maximum absolute atomic E-state index is 11.6. The van der Waals surface area contributed by atoms with E-state index in [2.05, 4.69) is 0 Å². The summed E-state index contributed by atoms with van der Waals surface area (Å²) in [5.74, 6) is 0. The van der Waals surface area contributed by atoms with Crippen LogP contribution in [0.3, 0.4) is 0 Å². The van der Waals surface area contributed by atoms with Gasteiger partial charge in [-0.15, -0.1) is 0 Å². The van der Waals surface area contributed by atoms with Crippen molar-refractivity contribution in [2.24, 2.45) is 0 Å². The molecule has 1 aromatic carbocycles. The molecule has 1 aromatic rings. The lowest BCUT2D eigenvalue weighted by Gasteiger charge is -2.18. The predicted octanol–water partition coefficient (Wildman–Crippen LogP) is 1.70. The van der Waals surface area contributed by atoms with Crippen LogP contribution in [0.25, 0.3) is 0 Å². The highest BCUT2D eigenvalue weighted by Gasteiger charge is 2.40. The van der Waals surface area contributed by atoms with E-state index in [9.17, 15) is 4.79 Å². The topological polar surface area (TPSA) is 49.8 Å². The number of benzene rings is 1. The SMILES string of the molecule is Cc1ccc(CN2CC(C)(CO)OC2=O)cc1. The molecular formula is C13H17NO3. The molecule has 1 N–H and O–H groups in total. The van der Waals surface area contributed by atoms with Crippen LogP contribution in [0, 0.1) is 6.92 Å². The van der Waals surface area contributed by atoms with E-state index in [0.29, 0.717) is 13.1 Å². The minimum absolute atomic E-state index is 0.150. The standard InChI is InChI=1S/C13H17NO3/c1-10-3-5-11(6-4-10)7-14-8-13(2,9-15)17-12(14)16/h3-6,15H,7-9H2,1-2H3. The van der Waals surface area contributed by atoms with E-state index >= 15 is 0 Å². The molecule has 1 fully saturated rings.